The minimum Gasteiger partial charge on any atom is -0.507 e. The first-order chi connectivity index (χ1) is 18.8. The number of carbonyl (C=O) groups is 2. The minimum absolute atomic E-state index is 0.0925. The third-order valence-electron chi connectivity index (χ3n) is 6.62. The van der Waals surface area contributed by atoms with E-state index >= 15 is 0 Å². The normalized spacial score (nSPS) is 16.6. The lowest BCUT2D eigenvalue weighted by Gasteiger charge is -2.24. The van der Waals surface area contributed by atoms with Crippen LogP contribution in [0.2, 0.25) is 5.02 Å². The van der Waals surface area contributed by atoms with Crippen molar-refractivity contribution >= 4 is 55.7 Å². The van der Waals surface area contributed by atoms with Crippen molar-refractivity contribution in [2.75, 3.05) is 26.2 Å². The molecule has 10 heteroatoms. The largest absolute Gasteiger partial charge is 0.507 e. The molecule has 1 aromatic heterocycles. The van der Waals surface area contributed by atoms with Crippen LogP contribution in [0.15, 0.2) is 60.2 Å². The number of amides is 1. The fourth-order valence-corrected chi connectivity index (χ4v) is 5.83. The molecule has 0 unspecified atom stereocenters. The maximum atomic E-state index is 13.6. The number of ketones is 1. The van der Waals surface area contributed by atoms with Gasteiger partial charge in [0, 0.05) is 10.6 Å². The molecule has 1 atom stereocenters. The number of fused-ring (bicyclic) bond motifs is 1. The van der Waals surface area contributed by atoms with Gasteiger partial charge in [-0.1, -0.05) is 35.9 Å². The Labute approximate surface area is 234 Å². The summed E-state index contributed by atoms with van der Waals surface area (Å²) in [6, 6.07) is 14.5. The monoisotopic (exact) mass is 564 g/mol. The fourth-order valence-electron chi connectivity index (χ4n) is 4.65. The number of aliphatic hydroxyl groups excluding tert-OH is 1. The number of hydrogen-bond donors (Lipinski definition) is 1. The second-order valence-corrected chi connectivity index (χ2v) is 10.2. The molecule has 3 aromatic carbocycles. The summed E-state index contributed by atoms with van der Waals surface area (Å²) in [7, 11) is 4.44. The Balaban J connectivity index is 1.77. The van der Waals surface area contributed by atoms with Crippen LogP contribution < -0.4 is 19.1 Å². The molecule has 1 fully saturated rings. The van der Waals surface area contributed by atoms with Gasteiger partial charge in [0.1, 0.15) is 5.76 Å². The van der Waals surface area contributed by atoms with Gasteiger partial charge < -0.3 is 19.3 Å². The molecule has 200 valence electrons. The summed E-state index contributed by atoms with van der Waals surface area (Å²) in [6.07, 6.45) is 0.847. The first-order valence-corrected chi connectivity index (χ1v) is 13.3. The summed E-state index contributed by atoms with van der Waals surface area (Å²) in [5.41, 5.74) is 2.55. The van der Waals surface area contributed by atoms with Crippen LogP contribution in [-0.4, -0.2) is 43.1 Å². The molecule has 1 N–H and O–H groups in total. The first kappa shape index (κ1) is 26.5. The van der Waals surface area contributed by atoms with Crippen LogP contribution in [-0.2, 0) is 16.0 Å². The van der Waals surface area contributed by atoms with Crippen molar-refractivity contribution in [3.63, 3.8) is 0 Å². The van der Waals surface area contributed by atoms with Crippen molar-refractivity contribution < 1.29 is 28.9 Å². The smallest absolute Gasteiger partial charge is 0.301 e. The van der Waals surface area contributed by atoms with Crippen LogP contribution in [0.25, 0.3) is 16.0 Å². The fraction of sp³-hybridized carbons (Fsp3) is 0.207. The highest BCUT2D eigenvalue weighted by Crippen LogP contribution is 2.48. The van der Waals surface area contributed by atoms with Crippen LogP contribution in [0.5, 0.6) is 17.2 Å². The molecular weight excluding hydrogens is 540 g/mol. The zero-order valence-electron chi connectivity index (χ0n) is 21.6. The quantitative estimate of drug-likeness (QED) is 0.163. The van der Waals surface area contributed by atoms with Crippen molar-refractivity contribution in [1.82, 2.24) is 4.98 Å². The molecule has 8 nitrogen and oxygen atoms in total. The third kappa shape index (κ3) is 4.57. The standard InChI is InChI=1S/C29H25ClN2O6S/c1-5-15-6-11-19-22(12-15)39-29(31-19)32-24(17-13-20(36-2)27(38-4)21(14-17)37-3)23(26(34)28(32)35)25(33)16-7-9-18(30)10-8-16/h6-14,24,33H,5H2,1-4H3/t24-/m1/s1. The molecule has 1 aliphatic heterocycles. The zero-order valence-corrected chi connectivity index (χ0v) is 23.2. The molecular formula is C29H25ClN2O6S. The molecule has 0 spiro atoms. The second-order valence-electron chi connectivity index (χ2n) is 8.79. The van der Waals surface area contributed by atoms with Crippen LogP contribution in [0.4, 0.5) is 5.13 Å². The molecule has 0 aliphatic carbocycles. The summed E-state index contributed by atoms with van der Waals surface area (Å²) in [6.45, 7) is 2.06. The number of ether oxygens (including phenoxy) is 3. The number of anilines is 1. The summed E-state index contributed by atoms with van der Waals surface area (Å²) in [4.78, 5) is 33.2. The van der Waals surface area contributed by atoms with Crippen molar-refractivity contribution in [1.29, 1.82) is 0 Å². The van der Waals surface area contributed by atoms with E-state index in [2.05, 4.69) is 6.92 Å². The Hall–Kier alpha value is -4.08. The van der Waals surface area contributed by atoms with E-state index < -0.39 is 17.7 Å². The van der Waals surface area contributed by atoms with Gasteiger partial charge in [-0.25, -0.2) is 4.98 Å². The molecule has 1 aliphatic rings. The van der Waals surface area contributed by atoms with Gasteiger partial charge in [-0.05, 0) is 66.1 Å². The lowest BCUT2D eigenvalue weighted by atomic mass is 9.95. The van der Waals surface area contributed by atoms with Gasteiger partial charge in [-0.2, -0.15) is 0 Å². The van der Waals surface area contributed by atoms with Gasteiger partial charge in [0.05, 0.1) is 43.2 Å². The van der Waals surface area contributed by atoms with Gasteiger partial charge >= 0.3 is 5.91 Å². The Morgan fingerprint density at radius 2 is 1.67 bits per heavy atom. The van der Waals surface area contributed by atoms with Crippen LogP contribution >= 0.6 is 22.9 Å². The number of aryl methyl sites for hydroxylation is 1. The van der Waals surface area contributed by atoms with E-state index in [1.165, 1.54) is 37.6 Å². The molecule has 0 saturated carbocycles. The Kier molecular flexibility index (Phi) is 7.20. The number of benzene rings is 3. The van der Waals surface area contributed by atoms with Crippen molar-refractivity contribution in [3.8, 4) is 17.2 Å². The molecule has 0 radical (unpaired) electrons. The first-order valence-electron chi connectivity index (χ1n) is 12.1. The number of methoxy groups -OCH3 is 3. The Morgan fingerprint density at radius 1 is 1.00 bits per heavy atom. The van der Waals surface area contributed by atoms with Crippen molar-refractivity contribution in [3.05, 3.63) is 81.9 Å². The summed E-state index contributed by atoms with van der Waals surface area (Å²) < 4.78 is 17.4. The van der Waals surface area contributed by atoms with E-state index in [0.717, 1.165) is 16.7 Å². The molecule has 1 saturated heterocycles. The average molecular weight is 565 g/mol. The number of aliphatic hydroxyl groups is 1. The van der Waals surface area contributed by atoms with Gasteiger partial charge in [-0.15, -0.1) is 0 Å². The van der Waals surface area contributed by atoms with Crippen molar-refractivity contribution in [2.45, 2.75) is 19.4 Å². The van der Waals surface area contributed by atoms with E-state index in [4.69, 9.17) is 30.8 Å². The van der Waals surface area contributed by atoms with Crippen LogP contribution in [0.3, 0.4) is 0 Å². The molecule has 1 amide bonds. The van der Waals surface area contributed by atoms with Crippen LogP contribution in [0, 0.1) is 0 Å². The maximum Gasteiger partial charge on any atom is 0.301 e. The number of Topliss-reactive ketones (excluding diaryl/α,β-unsaturated/α-hetero) is 1. The van der Waals surface area contributed by atoms with E-state index in [1.54, 1.807) is 36.4 Å². The van der Waals surface area contributed by atoms with Crippen LogP contribution in [0.1, 0.15) is 29.7 Å². The van der Waals surface area contributed by atoms with E-state index in [-0.39, 0.29) is 11.3 Å². The highest BCUT2D eigenvalue weighted by atomic mass is 35.5. The highest BCUT2D eigenvalue weighted by Gasteiger charge is 2.48. The predicted octanol–water partition coefficient (Wildman–Crippen LogP) is 6.16. The molecule has 2 heterocycles. The number of halogens is 1. The highest BCUT2D eigenvalue weighted by molar-refractivity contribution is 7.22. The summed E-state index contributed by atoms with van der Waals surface area (Å²) >= 11 is 7.34. The maximum absolute atomic E-state index is 13.6. The molecule has 5 rings (SSSR count). The van der Waals surface area contributed by atoms with E-state index in [1.807, 2.05) is 18.2 Å². The molecule has 0 bridgehead atoms. The predicted molar refractivity (Wildman–Crippen MR) is 151 cm³/mol. The van der Waals surface area contributed by atoms with Gasteiger partial charge in [0.2, 0.25) is 5.75 Å². The topological polar surface area (TPSA) is 98.2 Å². The number of hydrogen-bond acceptors (Lipinski definition) is 8. The lowest BCUT2D eigenvalue weighted by molar-refractivity contribution is -0.132. The number of aromatic nitrogens is 1. The number of carbonyl (C=O) groups excluding carboxylic acids is 2. The Bertz CT molecular complexity index is 1600. The zero-order chi connectivity index (χ0) is 27.8. The minimum atomic E-state index is -1.03. The average Bonchev–Trinajstić information content (AvgIpc) is 3.49. The molecule has 4 aromatic rings. The Morgan fingerprint density at radius 3 is 2.26 bits per heavy atom. The number of thiazole rings is 1. The van der Waals surface area contributed by atoms with E-state index in [0.29, 0.717) is 44.0 Å². The molecule has 39 heavy (non-hydrogen) atoms. The third-order valence-corrected chi connectivity index (χ3v) is 7.89. The summed E-state index contributed by atoms with van der Waals surface area (Å²) in [5.74, 6) is -0.957. The lowest BCUT2D eigenvalue weighted by Crippen LogP contribution is -2.29. The second kappa shape index (κ2) is 10.6. The summed E-state index contributed by atoms with van der Waals surface area (Å²) in [5, 5.41) is 12.2. The number of rotatable bonds is 7. The van der Waals surface area contributed by atoms with E-state index in [9.17, 15) is 14.7 Å². The van der Waals surface area contributed by atoms with Crippen molar-refractivity contribution in [2.24, 2.45) is 0 Å². The van der Waals surface area contributed by atoms with Gasteiger partial charge in [0.25, 0.3) is 5.78 Å². The van der Waals surface area contributed by atoms with Gasteiger partial charge in [-0.3, -0.25) is 14.5 Å². The SMILES string of the molecule is CCc1ccc2nc(N3C(=O)C(=O)C(=C(O)c4ccc(Cl)cc4)[C@H]3c3cc(OC)c(OC)c(OC)c3)sc2c1. The number of nitrogens with zero attached hydrogens (tertiary/aromatic N) is 2. The van der Waals surface area contributed by atoms with Gasteiger partial charge in [0.15, 0.2) is 16.6 Å².